The number of allylic oxidation sites excluding steroid dienone is 1. The molecule has 0 aliphatic rings. The average Bonchev–Trinajstić information content (AvgIpc) is 3.08. The number of halogens is 2. The Kier molecular flexibility index (Phi) is 7.01. The number of carbonyl (C=O) groups is 1. The van der Waals surface area contributed by atoms with Crippen molar-refractivity contribution >= 4 is 35.2 Å². The van der Waals surface area contributed by atoms with E-state index in [-0.39, 0.29) is 11.9 Å². The molecule has 30 heavy (non-hydrogen) atoms. The molecule has 3 aromatic rings. The molecule has 0 amide bonds. The van der Waals surface area contributed by atoms with E-state index in [9.17, 15) is 4.79 Å². The molecule has 2 aromatic carbocycles. The van der Waals surface area contributed by atoms with Crippen molar-refractivity contribution in [2.45, 2.75) is 40.0 Å². The molecule has 3 rings (SSSR count). The van der Waals surface area contributed by atoms with E-state index >= 15 is 0 Å². The number of aryl methyl sites for hydroxylation is 1. The van der Waals surface area contributed by atoms with Crippen LogP contribution in [0.3, 0.4) is 0 Å². The molecule has 1 aromatic heterocycles. The summed E-state index contributed by atoms with van der Waals surface area (Å²) in [4.78, 5) is 15.8. The van der Waals surface area contributed by atoms with Gasteiger partial charge in [-0.2, -0.15) is 0 Å². The Hall–Kier alpha value is -2.56. The van der Waals surface area contributed by atoms with Gasteiger partial charge in [0.1, 0.15) is 11.5 Å². The molecule has 0 fully saturated rings. The Labute approximate surface area is 186 Å². The van der Waals surface area contributed by atoms with Gasteiger partial charge in [0, 0.05) is 24.3 Å². The summed E-state index contributed by atoms with van der Waals surface area (Å²) in [6.45, 7) is 7.44. The van der Waals surface area contributed by atoms with Crippen LogP contribution in [-0.4, -0.2) is 11.0 Å². The van der Waals surface area contributed by atoms with Gasteiger partial charge in [0.15, 0.2) is 0 Å². The molecule has 6 heteroatoms. The van der Waals surface area contributed by atoms with Crippen molar-refractivity contribution in [3.8, 4) is 17.2 Å². The monoisotopic (exact) mass is 443 g/mol. The van der Waals surface area contributed by atoms with Gasteiger partial charge >= 0.3 is 5.97 Å². The Morgan fingerprint density at radius 2 is 1.97 bits per heavy atom. The Balaban J connectivity index is 1.82. The molecule has 0 radical (unpaired) electrons. The van der Waals surface area contributed by atoms with Gasteiger partial charge in [-0.15, -0.1) is 0 Å². The molecular weight excluding hydrogens is 421 g/mol. The number of esters is 1. The van der Waals surface area contributed by atoms with Gasteiger partial charge < -0.3 is 9.15 Å². The van der Waals surface area contributed by atoms with Gasteiger partial charge in [0.05, 0.1) is 16.3 Å². The minimum atomic E-state index is -0.328. The minimum absolute atomic E-state index is 0.186. The summed E-state index contributed by atoms with van der Waals surface area (Å²) in [5.74, 6) is 1.76. The van der Waals surface area contributed by atoms with E-state index in [1.54, 1.807) is 18.2 Å². The summed E-state index contributed by atoms with van der Waals surface area (Å²) >= 11 is 12.3. The van der Waals surface area contributed by atoms with Crippen LogP contribution < -0.4 is 4.74 Å². The summed E-state index contributed by atoms with van der Waals surface area (Å²) in [7, 11) is 0. The molecule has 0 bridgehead atoms. The highest BCUT2D eigenvalue weighted by atomic mass is 35.5. The summed E-state index contributed by atoms with van der Waals surface area (Å²) in [6, 6.07) is 10.9. The lowest BCUT2D eigenvalue weighted by molar-refractivity contribution is -0.131. The molecule has 0 saturated carbocycles. The fourth-order valence-corrected chi connectivity index (χ4v) is 3.58. The van der Waals surface area contributed by atoms with Crippen molar-refractivity contribution in [3.05, 3.63) is 75.1 Å². The second-order valence-corrected chi connectivity index (χ2v) is 8.18. The maximum absolute atomic E-state index is 11.1. The quantitative estimate of drug-likeness (QED) is 0.297. The van der Waals surface area contributed by atoms with E-state index in [0.29, 0.717) is 28.1 Å². The van der Waals surface area contributed by atoms with Crippen molar-refractivity contribution in [1.82, 2.24) is 4.98 Å². The summed E-state index contributed by atoms with van der Waals surface area (Å²) in [6.07, 6.45) is 4.67. The van der Waals surface area contributed by atoms with E-state index < -0.39 is 0 Å². The highest BCUT2D eigenvalue weighted by Crippen LogP contribution is 2.33. The highest BCUT2D eigenvalue weighted by molar-refractivity contribution is 6.36. The van der Waals surface area contributed by atoms with Crippen LogP contribution >= 0.6 is 23.2 Å². The number of nitrogens with zero attached hydrogens (tertiary/aromatic N) is 1. The maximum Gasteiger partial charge on any atom is 0.308 e. The van der Waals surface area contributed by atoms with Crippen molar-refractivity contribution in [1.29, 1.82) is 0 Å². The van der Waals surface area contributed by atoms with E-state index in [4.69, 9.17) is 32.4 Å². The van der Waals surface area contributed by atoms with Crippen LogP contribution in [0.15, 0.2) is 46.9 Å². The lowest BCUT2D eigenvalue weighted by Gasteiger charge is -2.06. The topological polar surface area (TPSA) is 52.3 Å². The fourth-order valence-electron chi connectivity index (χ4n) is 3.09. The molecular formula is C24H23Cl2NO3. The molecule has 156 valence electrons. The molecule has 0 aliphatic carbocycles. The summed E-state index contributed by atoms with van der Waals surface area (Å²) in [5.41, 5.74) is 3.50. The first kappa shape index (κ1) is 22.1. The van der Waals surface area contributed by atoms with E-state index in [2.05, 4.69) is 18.8 Å². The van der Waals surface area contributed by atoms with Crippen molar-refractivity contribution in [2.75, 3.05) is 0 Å². The van der Waals surface area contributed by atoms with Crippen LogP contribution in [0.5, 0.6) is 5.75 Å². The standard InChI is InChI=1S/C24H23Cl2NO3/c1-14(2)23-21(27-24(30-23)19-10-9-18(25)13-20(19)26)7-5-6-17-8-11-22(15(3)12-17)29-16(4)28/h5-6,8-14H,7H2,1-4H3. The number of benzene rings is 2. The maximum atomic E-state index is 11.1. The third kappa shape index (κ3) is 5.32. The van der Waals surface area contributed by atoms with Crippen molar-refractivity contribution in [3.63, 3.8) is 0 Å². The lowest BCUT2D eigenvalue weighted by Crippen LogP contribution is -2.02. The first-order chi connectivity index (χ1) is 14.2. The van der Waals surface area contributed by atoms with Gasteiger partial charge in [-0.05, 0) is 48.4 Å². The predicted molar refractivity (Wildman–Crippen MR) is 121 cm³/mol. The second-order valence-electron chi connectivity index (χ2n) is 7.33. The molecule has 0 N–H and O–H groups in total. The van der Waals surface area contributed by atoms with E-state index in [1.807, 2.05) is 37.3 Å². The van der Waals surface area contributed by atoms with Crippen molar-refractivity contribution in [2.24, 2.45) is 0 Å². The number of hydrogen-bond donors (Lipinski definition) is 0. The third-order valence-electron chi connectivity index (χ3n) is 4.49. The molecule has 1 heterocycles. The van der Waals surface area contributed by atoms with Crippen LogP contribution in [-0.2, 0) is 11.2 Å². The van der Waals surface area contributed by atoms with Crippen LogP contribution in [0.2, 0.25) is 10.0 Å². The number of oxazole rings is 1. The molecule has 0 aliphatic heterocycles. The van der Waals surface area contributed by atoms with E-state index in [1.165, 1.54) is 6.92 Å². The molecule has 0 saturated heterocycles. The summed E-state index contributed by atoms with van der Waals surface area (Å²) in [5, 5.41) is 1.07. The van der Waals surface area contributed by atoms with Crippen LogP contribution in [0, 0.1) is 6.92 Å². The zero-order valence-corrected chi connectivity index (χ0v) is 18.8. The zero-order chi connectivity index (χ0) is 21.8. The molecule has 0 spiro atoms. The van der Waals surface area contributed by atoms with Crippen LogP contribution in [0.25, 0.3) is 17.5 Å². The number of aromatic nitrogens is 1. The average molecular weight is 444 g/mol. The zero-order valence-electron chi connectivity index (χ0n) is 17.3. The third-order valence-corrected chi connectivity index (χ3v) is 5.04. The Morgan fingerprint density at radius 1 is 1.20 bits per heavy atom. The number of hydrogen-bond acceptors (Lipinski definition) is 4. The second kappa shape index (κ2) is 9.50. The normalized spacial score (nSPS) is 11.4. The Bertz CT molecular complexity index is 1100. The SMILES string of the molecule is CC(=O)Oc1ccc(C=CCc2nc(-c3ccc(Cl)cc3Cl)oc2C(C)C)cc1C. The van der Waals surface area contributed by atoms with Gasteiger partial charge in [-0.25, -0.2) is 4.98 Å². The molecule has 4 nitrogen and oxygen atoms in total. The molecule has 0 unspecified atom stereocenters. The number of carbonyl (C=O) groups excluding carboxylic acids is 1. The Morgan fingerprint density at radius 3 is 2.60 bits per heavy atom. The van der Waals surface area contributed by atoms with Crippen LogP contribution in [0.1, 0.15) is 49.3 Å². The predicted octanol–water partition coefficient (Wildman–Crippen LogP) is 7.26. The first-order valence-electron chi connectivity index (χ1n) is 9.65. The first-order valence-corrected chi connectivity index (χ1v) is 10.4. The van der Waals surface area contributed by atoms with Crippen LogP contribution in [0.4, 0.5) is 0 Å². The number of rotatable bonds is 6. The van der Waals surface area contributed by atoms with Crippen molar-refractivity contribution < 1.29 is 13.9 Å². The highest BCUT2D eigenvalue weighted by Gasteiger charge is 2.18. The van der Waals surface area contributed by atoms with E-state index in [0.717, 1.165) is 28.1 Å². The van der Waals surface area contributed by atoms with Gasteiger partial charge in [-0.1, -0.05) is 55.3 Å². The van der Waals surface area contributed by atoms with Gasteiger partial charge in [-0.3, -0.25) is 4.79 Å². The smallest absolute Gasteiger partial charge is 0.308 e. The van der Waals surface area contributed by atoms with Gasteiger partial charge in [0.25, 0.3) is 0 Å². The summed E-state index contributed by atoms with van der Waals surface area (Å²) < 4.78 is 11.2. The fraction of sp³-hybridized carbons (Fsp3) is 0.250. The molecule has 0 atom stereocenters. The number of ether oxygens (including phenoxy) is 1. The lowest BCUT2D eigenvalue weighted by atomic mass is 10.1. The largest absolute Gasteiger partial charge is 0.441 e. The minimum Gasteiger partial charge on any atom is -0.441 e. The van der Waals surface area contributed by atoms with Gasteiger partial charge in [0.2, 0.25) is 5.89 Å².